The van der Waals surface area contributed by atoms with Crippen molar-refractivity contribution in [2.24, 2.45) is 0 Å². The summed E-state index contributed by atoms with van der Waals surface area (Å²) in [4.78, 5) is 22.0. The van der Waals surface area contributed by atoms with Gasteiger partial charge in [0, 0.05) is 25.3 Å². The minimum atomic E-state index is -0.110. The lowest BCUT2D eigenvalue weighted by atomic mass is 10.2. The Bertz CT molecular complexity index is 1280. The number of thioether (sulfide) groups is 1. The van der Waals surface area contributed by atoms with Crippen LogP contribution in [-0.4, -0.2) is 43.6 Å². The Morgan fingerprint density at radius 1 is 1.03 bits per heavy atom. The van der Waals surface area contributed by atoms with Crippen molar-refractivity contribution in [1.29, 1.82) is 0 Å². The highest BCUT2D eigenvalue weighted by molar-refractivity contribution is 7.99. The van der Waals surface area contributed by atoms with Crippen LogP contribution in [0.1, 0.15) is 18.7 Å². The molecule has 1 aliphatic heterocycles. The molecule has 0 unspecified atom stereocenters. The molecule has 1 aliphatic rings. The van der Waals surface area contributed by atoms with E-state index in [1.165, 1.54) is 0 Å². The fourth-order valence-electron chi connectivity index (χ4n) is 3.81. The molecule has 9 heteroatoms. The lowest BCUT2D eigenvalue weighted by Gasteiger charge is -2.19. The van der Waals surface area contributed by atoms with Crippen LogP contribution in [0.3, 0.4) is 0 Å². The predicted octanol–water partition coefficient (Wildman–Crippen LogP) is 4.09. The quantitative estimate of drug-likeness (QED) is 0.444. The van der Waals surface area contributed by atoms with Crippen LogP contribution in [0.4, 0.5) is 5.95 Å². The van der Waals surface area contributed by atoms with Crippen LogP contribution in [0.15, 0.2) is 58.5 Å². The maximum Gasteiger partial charge on any atom is 0.258 e. The van der Waals surface area contributed by atoms with Crippen molar-refractivity contribution in [2.45, 2.75) is 24.4 Å². The van der Waals surface area contributed by atoms with Crippen molar-refractivity contribution < 1.29 is 0 Å². The van der Waals surface area contributed by atoms with Gasteiger partial charge in [0.05, 0.1) is 21.6 Å². The van der Waals surface area contributed by atoms with Crippen LogP contribution in [0.5, 0.6) is 0 Å². The van der Waals surface area contributed by atoms with Crippen LogP contribution >= 0.6 is 23.4 Å². The number of nitrogens with one attached hydrogen (secondary N) is 1. The molecule has 0 saturated carbocycles. The Morgan fingerprint density at radius 2 is 1.81 bits per heavy atom. The fourth-order valence-corrected chi connectivity index (χ4v) is 4.92. The highest BCUT2D eigenvalue weighted by atomic mass is 35.5. The molecule has 1 fully saturated rings. The van der Waals surface area contributed by atoms with Crippen molar-refractivity contribution in [3.8, 4) is 5.69 Å². The number of hydrogen-bond donors (Lipinski definition) is 1. The summed E-state index contributed by atoms with van der Waals surface area (Å²) in [5.41, 5.74) is 1.47. The Kier molecular flexibility index (Phi) is 5.65. The Labute approximate surface area is 188 Å². The third kappa shape index (κ3) is 4.05. The molecule has 0 bridgehead atoms. The maximum absolute atomic E-state index is 12.3. The first-order chi connectivity index (χ1) is 15.2. The van der Waals surface area contributed by atoms with E-state index in [1.807, 2.05) is 47.0 Å². The Hall–Kier alpha value is -2.84. The van der Waals surface area contributed by atoms with Gasteiger partial charge in [-0.05, 0) is 37.1 Å². The van der Waals surface area contributed by atoms with E-state index in [0.717, 1.165) is 42.7 Å². The number of para-hydroxylation sites is 2. The number of halogens is 1. The highest BCUT2D eigenvalue weighted by Crippen LogP contribution is 2.32. The first-order valence-corrected chi connectivity index (χ1v) is 11.6. The molecule has 2 aromatic heterocycles. The topological polar surface area (TPSA) is 79.7 Å². The van der Waals surface area contributed by atoms with Crippen molar-refractivity contribution in [1.82, 2.24) is 24.7 Å². The van der Waals surface area contributed by atoms with E-state index in [2.05, 4.69) is 25.1 Å². The van der Waals surface area contributed by atoms with Crippen LogP contribution in [0, 0.1) is 0 Å². The molecule has 5 rings (SSSR count). The Morgan fingerprint density at radius 3 is 2.65 bits per heavy atom. The summed E-state index contributed by atoms with van der Waals surface area (Å²) in [6.07, 6.45) is 2.91. The molecule has 0 aliphatic carbocycles. The minimum Gasteiger partial charge on any atom is -0.341 e. The number of hydrogen-bond acceptors (Lipinski definition) is 6. The predicted molar refractivity (Wildman–Crippen MR) is 125 cm³/mol. The third-order valence-electron chi connectivity index (χ3n) is 5.33. The second-order valence-corrected chi connectivity index (χ2v) is 8.86. The third-order valence-corrected chi connectivity index (χ3v) is 6.58. The van der Waals surface area contributed by atoms with E-state index < -0.39 is 0 Å². The first-order valence-electron chi connectivity index (χ1n) is 10.3. The van der Waals surface area contributed by atoms with Gasteiger partial charge in [0.2, 0.25) is 5.95 Å². The second-order valence-electron chi connectivity index (χ2n) is 7.39. The van der Waals surface area contributed by atoms with Crippen LogP contribution < -0.4 is 10.5 Å². The molecule has 158 valence electrons. The summed E-state index contributed by atoms with van der Waals surface area (Å²) >= 11 is 8.09. The van der Waals surface area contributed by atoms with Crippen molar-refractivity contribution >= 4 is 40.2 Å². The van der Waals surface area contributed by atoms with Gasteiger partial charge < -0.3 is 9.88 Å². The van der Waals surface area contributed by atoms with Gasteiger partial charge in [-0.3, -0.25) is 9.36 Å². The van der Waals surface area contributed by atoms with Gasteiger partial charge in [-0.15, -0.1) is 10.2 Å². The number of aromatic nitrogens is 5. The number of H-pyrrole nitrogens is 1. The largest absolute Gasteiger partial charge is 0.341 e. The smallest absolute Gasteiger partial charge is 0.258 e. The van der Waals surface area contributed by atoms with Crippen LogP contribution in [0.25, 0.3) is 16.6 Å². The number of nitrogens with zero attached hydrogens (tertiary/aromatic N) is 5. The lowest BCUT2D eigenvalue weighted by Crippen LogP contribution is -2.22. The molecule has 0 radical (unpaired) electrons. The van der Waals surface area contributed by atoms with Crippen molar-refractivity contribution in [2.75, 3.05) is 23.7 Å². The van der Waals surface area contributed by atoms with Gasteiger partial charge >= 0.3 is 0 Å². The summed E-state index contributed by atoms with van der Waals surface area (Å²) in [6.45, 7) is 1.94. The molecular formula is C22H21ClN6OS. The lowest BCUT2D eigenvalue weighted by molar-refractivity contribution is 0.840. The average molecular weight is 453 g/mol. The summed E-state index contributed by atoms with van der Waals surface area (Å²) < 4.78 is 2.04. The molecule has 2 aromatic carbocycles. The zero-order valence-electron chi connectivity index (χ0n) is 16.8. The van der Waals surface area contributed by atoms with Crippen molar-refractivity contribution in [3.63, 3.8) is 0 Å². The van der Waals surface area contributed by atoms with E-state index in [-0.39, 0.29) is 5.56 Å². The number of fused-ring (bicyclic) bond motifs is 1. The molecule has 0 atom stereocenters. The number of aryl methyl sites for hydroxylation is 1. The van der Waals surface area contributed by atoms with Gasteiger partial charge in [0.1, 0.15) is 5.82 Å². The van der Waals surface area contributed by atoms with E-state index >= 15 is 0 Å². The molecule has 1 N–H and O–H groups in total. The zero-order chi connectivity index (χ0) is 21.2. The van der Waals surface area contributed by atoms with Crippen LogP contribution in [-0.2, 0) is 6.42 Å². The van der Waals surface area contributed by atoms with E-state index in [0.29, 0.717) is 33.9 Å². The minimum absolute atomic E-state index is 0.110. The molecule has 0 amide bonds. The first kappa shape index (κ1) is 20.1. The molecule has 3 heterocycles. The molecule has 0 spiro atoms. The van der Waals surface area contributed by atoms with Crippen molar-refractivity contribution in [3.05, 3.63) is 69.7 Å². The standard InChI is InChI=1S/C22H21ClN6OS/c23-16-8-2-4-10-18(16)29-21(28-12-5-6-13-28)26-27-22(29)31-14-11-19-24-17-9-3-1-7-15(17)20(30)25-19/h1-4,7-10H,5-6,11-14H2,(H,24,25,30). The number of rotatable bonds is 6. The van der Waals surface area contributed by atoms with E-state index in [1.54, 1.807) is 17.8 Å². The summed E-state index contributed by atoms with van der Waals surface area (Å²) in [6, 6.07) is 15.1. The monoisotopic (exact) mass is 452 g/mol. The van der Waals surface area contributed by atoms with Crippen LogP contribution in [0.2, 0.25) is 5.02 Å². The van der Waals surface area contributed by atoms with Gasteiger partial charge in [0.15, 0.2) is 5.16 Å². The zero-order valence-corrected chi connectivity index (χ0v) is 18.4. The fraction of sp³-hybridized carbons (Fsp3) is 0.273. The van der Waals surface area contributed by atoms with Gasteiger partial charge in [-0.25, -0.2) is 4.98 Å². The summed E-state index contributed by atoms with van der Waals surface area (Å²) in [5, 5.41) is 11.0. The van der Waals surface area contributed by atoms with Gasteiger partial charge in [-0.2, -0.15) is 0 Å². The van der Waals surface area contributed by atoms with Gasteiger partial charge in [-0.1, -0.05) is 47.6 Å². The van der Waals surface area contributed by atoms with E-state index in [4.69, 9.17) is 11.6 Å². The molecule has 4 aromatic rings. The molecule has 7 nitrogen and oxygen atoms in total. The number of anilines is 1. The number of aromatic amines is 1. The normalized spacial score (nSPS) is 13.9. The molecule has 1 saturated heterocycles. The highest BCUT2D eigenvalue weighted by Gasteiger charge is 2.23. The summed E-state index contributed by atoms with van der Waals surface area (Å²) in [7, 11) is 0. The van der Waals surface area contributed by atoms with Gasteiger partial charge in [0.25, 0.3) is 5.56 Å². The maximum atomic E-state index is 12.3. The SMILES string of the molecule is O=c1[nH]c(CCSc2nnc(N3CCCC3)n2-c2ccccc2Cl)nc2ccccc12. The summed E-state index contributed by atoms with van der Waals surface area (Å²) in [5.74, 6) is 2.19. The Balaban J connectivity index is 1.41. The van der Waals surface area contributed by atoms with E-state index in [9.17, 15) is 4.79 Å². The second kappa shape index (κ2) is 8.72. The molecular weight excluding hydrogens is 432 g/mol. The average Bonchev–Trinajstić information content (AvgIpc) is 3.44. The molecule has 31 heavy (non-hydrogen) atoms. The number of benzene rings is 2.